The van der Waals surface area contributed by atoms with E-state index in [-0.39, 0.29) is 5.82 Å². The largest absolute Gasteiger partial charge is 0.364 e. The van der Waals surface area contributed by atoms with E-state index in [0.29, 0.717) is 0 Å². The maximum Gasteiger partial charge on any atom is 0.364 e. The summed E-state index contributed by atoms with van der Waals surface area (Å²) >= 11 is 0. The molecule has 1 rings (SSSR count). The maximum absolute atomic E-state index is 13.7. The van der Waals surface area contributed by atoms with Crippen molar-refractivity contribution in [1.82, 2.24) is 4.57 Å². The summed E-state index contributed by atoms with van der Waals surface area (Å²) in [5.74, 6) is -5.33. The Morgan fingerprint density at radius 3 is 2.44 bits per heavy atom. The molecule has 0 atom stereocenters. The van der Waals surface area contributed by atoms with Crippen molar-refractivity contribution in [2.24, 2.45) is 13.0 Å². The van der Waals surface area contributed by atoms with E-state index >= 15 is 0 Å². The van der Waals surface area contributed by atoms with E-state index in [1.807, 2.05) is 0 Å². The van der Waals surface area contributed by atoms with Crippen molar-refractivity contribution in [3.8, 4) is 0 Å². The predicted octanol–water partition coefficient (Wildman–Crippen LogP) is 2.89. The number of hydrogen-bond donors (Lipinski definition) is 0. The maximum atomic E-state index is 13.7. The topological polar surface area (TPSA) is 26.4 Å². The number of halogens is 2. The summed E-state index contributed by atoms with van der Waals surface area (Å²) in [5, 5.41) is 0. The van der Waals surface area contributed by atoms with E-state index in [9.17, 15) is 13.6 Å². The van der Waals surface area contributed by atoms with Crippen molar-refractivity contribution >= 4 is 11.6 Å². The SMILES string of the molecule is [C-]#[N+]c1ccc(C(F)(F)C(=O)C(C)C)n1C. The summed E-state index contributed by atoms with van der Waals surface area (Å²) in [6.45, 7) is 9.62. The van der Waals surface area contributed by atoms with E-state index < -0.39 is 23.3 Å². The van der Waals surface area contributed by atoms with Crippen LogP contribution >= 0.6 is 0 Å². The van der Waals surface area contributed by atoms with E-state index in [1.165, 1.54) is 27.0 Å². The highest BCUT2D eigenvalue weighted by Crippen LogP contribution is 2.34. The number of alkyl halides is 2. The molecule has 1 aromatic heterocycles. The number of nitrogens with zero attached hydrogens (tertiary/aromatic N) is 2. The van der Waals surface area contributed by atoms with Gasteiger partial charge in [-0.3, -0.25) is 9.36 Å². The highest BCUT2D eigenvalue weighted by Gasteiger charge is 2.46. The van der Waals surface area contributed by atoms with Gasteiger partial charge in [0.1, 0.15) is 0 Å². The second-order valence-corrected chi connectivity index (χ2v) is 3.84. The molecule has 0 radical (unpaired) electrons. The minimum atomic E-state index is -3.54. The summed E-state index contributed by atoms with van der Waals surface area (Å²) in [4.78, 5) is 14.5. The molecule has 1 heterocycles. The van der Waals surface area contributed by atoms with Crippen LogP contribution < -0.4 is 0 Å². The third-order valence-electron chi connectivity index (χ3n) is 2.37. The lowest BCUT2D eigenvalue weighted by molar-refractivity contribution is -0.148. The first-order valence-corrected chi connectivity index (χ1v) is 4.78. The molecule has 0 saturated carbocycles. The standard InChI is InChI=1S/C11H12F2N2O/c1-7(2)10(16)11(12,13)8-5-6-9(14-3)15(8)4/h5-7H,1-2,4H3. The number of ketones is 1. The molecular weight excluding hydrogens is 214 g/mol. The third-order valence-corrected chi connectivity index (χ3v) is 2.37. The van der Waals surface area contributed by atoms with Crippen LogP contribution in [0, 0.1) is 12.5 Å². The zero-order valence-electron chi connectivity index (χ0n) is 9.29. The Labute approximate surface area is 92.5 Å². The molecule has 0 N–H and O–H groups in total. The zero-order chi connectivity index (χ0) is 12.5. The minimum absolute atomic E-state index is 0.0891. The molecule has 0 aliphatic carbocycles. The number of hydrogen-bond acceptors (Lipinski definition) is 1. The quantitative estimate of drug-likeness (QED) is 0.728. The summed E-state index contributed by atoms with van der Waals surface area (Å²) in [5.41, 5.74) is -0.433. The molecule has 0 aromatic carbocycles. The van der Waals surface area contributed by atoms with Gasteiger partial charge in [-0.2, -0.15) is 8.78 Å². The van der Waals surface area contributed by atoms with Crippen LogP contribution in [-0.4, -0.2) is 10.4 Å². The molecule has 5 heteroatoms. The van der Waals surface area contributed by atoms with Crippen LogP contribution in [0.5, 0.6) is 0 Å². The Hall–Kier alpha value is -1.70. The van der Waals surface area contributed by atoms with Gasteiger partial charge in [-0.1, -0.05) is 20.4 Å². The number of carbonyl (C=O) groups is 1. The van der Waals surface area contributed by atoms with Crippen molar-refractivity contribution in [2.75, 3.05) is 0 Å². The lowest BCUT2D eigenvalue weighted by Gasteiger charge is -2.16. The van der Waals surface area contributed by atoms with Crippen LogP contribution in [0.3, 0.4) is 0 Å². The predicted molar refractivity (Wildman–Crippen MR) is 55.4 cm³/mol. The number of Topliss-reactive ketones (excluding diaryl/α,β-unsaturated/α-hetero) is 1. The van der Waals surface area contributed by atoms with Gasteiger partial charge in [-0.05, 0) is 12.1 Å². The Bertz CT molecular complexity index is 455. The van der Waals surface area contributed by atoms with Gasteiger partial charge in [0.2, 0.25) is 11.6 Å². The number of carbonyl (C=O) groups excluding carboxylic acids is 1. The first kappa shape index (κ1) is 12.4. The van der Waals surface area contributed by atoms with Gasteiger partial charge < -0.3 is 4.85 Å². The highest BCUT2D eigenvalue weighted by atomic mass is 19.3. The normalized spacial score (nSPS) is 11.6. The molecule has 0 aliphatic rings. The van der Waals surface area contributed by atoms with Crippen LogP contribution in [0.15, 0.2) is 12.1 Å². The first-order chi connectivity index (χ1) is 7.32. The van der Waals surface area contributed by atoms with Gasteiger partial charge in [0.05, 0.1) is 7.05 Å². The second-order valence-electron chi connectivity index (χ2n) is 3.84. The van der Waals surface area contributed by atoms with Crippen LogP contribution in [0.4, 0.5) is 14.6 Å². The van der Waals surface area contributed by atoms with E-state index in [1.54, 1.807) is 0 Å². The first-order valence-electron chi connectivity index (χ1n) is 4.78. The van der Waals surface area contributed by atoms with Crippen LogP contribution in [0.1, 0.15) is 19.5 Å². The van der Waals surface area contributed by atoms with Crippen molar-refractivity contribution in [1.29, 1.82) is 0 Å². The van der Waals surface area contributed by atoms with Crippen LogP contribution in [-0.2, 0) is 17.8 Å². The van der Waals surface area contributed by atoms with Crippen LogP contribution in [0.25, 0.3) is 4.85 Å². The summed E-state index contributed by atoms with van der Waals surface area (Å²) < 4.78 is 28.5. The fraction of sp³-hybridized carbons (Fsp3) is 0.455. The molecule has 16 heavy (non-hydrogen) atoms. The summed E-state index contributed by atoms with van der Waals surface area (Å²) in [6.07, 6.45) is 0. The van der Waals surface area contributed by atoms with Gasteiger partial charge >= 0.3 is 5.92 Å². The molecular formula is C11H12F2N2O. The molecule has 0 amide bonds. The molecule has 0 bridgehead atoms. The smallest absolute Gasteiger partial charge is 0.364 e. The van der Waals surface area contributed by atoms with Crippen LogP contribution in [0.2, 0.25) is 0 Å². The van der Waals surface area contributed by atoms with E-state index in [4.69, 9.17) is 6.57 Å². The second kappa shape index (κ2) is 4.05. The average molecular weight is 226 g/mol. The molecule has 0 spiro atoms. The van der Waals surface area contributed by atoms with Gasteiger partial charge in [-0.15, -0.1) is 0 Å². The average Bonchev–Trinajstić information content (AvgIpc) is 2.58. The Balaban J connectivity index is 3.23. The monoisotopic (exact) mass is 226 g/mol. The molecule has 0 aliphatic heterocycles. The Morgan fingerprint density at radius 1 is 1.50 bits per heavy atom. The minimum Gasteiger partial charge on any atom is -0.364 e. The number of aromatic nitrogens is 1. The lowest BCUT2D eigenvalue weighted by atomic mass is 10.0. The van der Waals surface area contributed by atoms with Crippen molar-refractivity contribution in [3.05, 3.63) is 29.2 Å². The zero-order valence-corrected chi connectivity index (χ0v) is 9.29. The van der Waals surface area contributed by atoms with Crippen molar-refractivity contribution in [3.63, 3.8) is 0 Å². The highest BCUT2D eigenvalue weighted by molar-refractivity contribution is 5.88. The summed E-state index contributed by atoms with van der Waals surface area (Å²) in [6, 6.07) is 2.40. The molecule has 3 nitrogen and oxygen atoms in total. The van der Waals surface area contributed by atoms with Crippen molar-refractivity contribution < 1.29 is 13.6 Å². The molecule has 0 unspecified atom stereocenters. The molecule has 1 aromatic rings. The fourth-order valence-corrected chi connectivity index (χ4v) is 1.42. The molecule has 0 saturated heterocycles. The third kappa shape index (κ3) is 1.83. The van der Waals surface area contributed by atoms with E-state index in [2.05, 4.69) is 4.85 Å². The van der Waals surface area contributed by atoms with Gasteiger partial charge in [-0.25, -0.2) is 0 Å². The van der Waals surface area contributed by atoms with Gasteiger partial charge in [0.15, 0.2) is 5.69 Å². The Kier molecular flexibility index (Phi) is 3.13. The fourth-order valence-electron chi connectivity index (χ4n) is 1.42. The van der Waals surface area contributed by atoms with E-state index in [0.717, 1.165) is 10.6 Å². The number of rotatable bonds is 3. The Morgan fingerprint density at radius 2 is 2.06 bits per heavy atom. The van der Waals surface area contributed by atoms with Gasteiger partial charge in [0, 0.05) is 5.92 Å². The molecule has 86 valence electrons. The molecule has 0 fully saturated rings. The van der Waals surface area contributed by atoms with Crippen molar-refractivity contribution in [2.45, 2.75) is 19.8 Å². The van der Waals surface area contributed by atoms with Gasteiger partial charge in [0.25, 0.3) is 0 Å². The summed E-state index contributed by atoms with van der Waals surface area (Å²) in [7, 11) is 1.35. The lowest BCUT2D eigenvalue weighted by Crippen LogP contribution is -2.31.